The summed E-state index contributed by atoms with van der Waals surface area (Å²) in [7, 11) is 0. The largest absolute Gasteiger partial charge is 0.479 e. The SMILES string of the molecule is O=C(O)C(O)c1ccc2sc(=O)oc2c1. The lowest BCUT2D eigenvalue weighted by molar-refractivity contribution is -0.146. The first-order chi connectivity index (χ1) is 7.08. The van der Waals surface area contributed by atoms with E-state index in [2.05, 4.69) is 0 Å². The number of benzene rings is 1. The van der Waals surface area contributed by atoms with Gasteiger partial charge in [-0.25, -0.2) is 9.59 Å². The zero-order chi connectivity index (χ0) is 11.0. The van der Waals surface area contributed by atoms with Crippen molar-refractivity contribution >= 4 is 27.6 Å². The second-order valence-corrected chi connectivity index (χ2v) is 3.88. The van der Waals surface area contributed by atoms with Crippen LogP contribution in [-0.2, 0) is 4.79 Å². The van der Waals surface area contributed by atoms with Gasteiger partial charge < -0.3 is 14.6 Å². The summed E-state index contributed by atoms with van der Waals surface area (Å²) in [6.07, 6.45) is -1.60. The molecule has 1 heterocycles. The van der Waals surface area contributed by atoms with Gasteiger partial charge in [-0.2, -0.15) is 0 Å². The number of carboxylic acid groups (broad SMARTS) is 1. The third-order valence-corrected chi connectivity index (χ3v) is 2.71. The van der Waals surface area contributed by atoms with Gasteiger partial charge in [0.2, 0.25) is 0 Å². The Hall–Kier alpha value is -1.66. The maximum absolute atomic E-state index is 10.9. The zero-order valence-corrected chi connectivity index (χ0v) is 8.15. The zero-order valence-electron chi connectivity index (χ0n) is 7.34. The number of aliphatic hydroxyl groups is 1. The summed E-state index contributed by atoms with van der Waals surface area (Å²) in [5.41, 5.74) is 0.486. The molecule has 1 aromatic heterocycles. The summed E-state index contributed by atoms with van der Waals surface area (Å²) in [5.74, 6) is -1.34. The Bertz CT molecular complexity index is 567. The second kappa shape index (κ2) is 3.48. The average molecular weight is 226 g/mol. The van der Waals surface area contributed by atoms with Crippen molar-refractivity contribution in [1.29, 1.82) is 0 Å². The lowest BCUT2D eigenvalue weighted by Gasteiger charge is -2.04. The van der Waals surface area contributed by atoms with Crippen molar-refractivity contribution in [2.75, 3.05) is 0 Å². The number of fused-ring (bicyclic) bond motifs is 1. The highest BCUT2D eigenvalue weighted by Crippen LogP contribution is 2.22. The van der Waals surface area contributed by atoms with Gasteiger partial charge in [-0.1, -0.05) is 17.4 Å². The Morgan fingerprint density at radius 3 is 2.87 bits per heavy atom. The maximum Gasteiger partial charge on any atom is 0.396 e. The smallest absolute Gasteiger partial charge is 0.396 e. The van der Waals surface area contributed by atoms with E-state index in [9.17, 15) is 14.7 Å². The Labute approximate surface area is 87.2 Å². The predicted octanol–water partition coefficient (Wildman–Crippen LogP) is 0.972. The van der Waals surface area contributed by atoms with Crippen molar-refractivity contribution in [3.05, 3.63) is 33.5 Å². The number of hydrogen-bond donors (Lipinski definition) is 2. The monoisotopic (exact) mass is 226 g/mol. The van der Waals surface area contributed by atoms with Gasteiger partial charge in [0, 0.05) is 0 Å². The van der Waals surface area contributed by atoms with Gasteiger partial charge >= 0.3 is 10.9 Å². The van der Waals surface area contributed by atoms with Crippen LogP contribution in [0.2, 0.25) is 0 Å². The van der Waals surface area contributed by atoms with Gasteiger partial charge in [0.05, 0.1) is 4.70 Å². The Morgan fingerprint density at radius 2 is 2.20 bits per heavy atom. The molecule has 0 aliphatic carbocycles. The average Bonchev–Trinajstić information content (AvgIpc) is 2.55. The fraction of sp³-hybridized carbons (Fsp3) is 0.111. The first-order valence-corrected chi connectivity index (χ1v) is 4.84. The van der Waals surface area contributed by atoms with E-state index < -0.39 is 17.0 Å². The summed E-state index contributed by atoms with van der Waals surface area (Å²) in [5, 5.41) is 17.8. The van der Waals surface area contributed by atoms with E-state index in [1.54, 1.807) is 6.07 Å². The van der Waals surface area contributed by atoms with Crippen LogP contribution < -0.4 is 4.94 Å². The molecule has 0 amide bonds. The van der Waals surface area contributed by atoms with Gasteiger partial charge in [-0.05, 0) is 17.7 Å². The minimum absolute atomic E-state index is 0.191. The quantitative estimate of drug-likeness (QED) is 0.796. The summed E-state index contributed by atoms with van der Waals surface area (Å²) in [4.78, 5) is 20.9. The highest BCUT2D eigenvalue weighted by Gasteiger charge is 2.16. The lowest BCUT2D eigenvalue weighted by atomic mass is 10.1. The topological polar surface area (TPSA) is 87.7 Å². The second-order valence-electron chi connectivity index (χ2n) is 2.90. The van der Waals surface area contributed by atoms with Gasteiger partial charge in [0.25, 0.3) is 0 Å². The fourth-order valence-electron chi connectivity index (χ4n) is 1.20. The van der Waals surface area contributed by atoms with Crippen LogP contribution in [0.15, 0.2) is 27.4 Å². The molecule has 2 N–H and O–H groups in total. The van der Waals surface area contributed by atoms with Crippen molar-refractivity contribution in [2.24, 2.45) is 0 Å². The Kier molecular flexibility index (Phi) is 2.29. The molecule has 0 saturated carbocycles. The molecule has 6 heteroatoms. The molecule has 15 heavy (non-hydrogen) atoms. The molecule has 2 aromatic rings. The molecule has 5 nitrogen and oxygen atoms in total. The standard InChI is InChI=1S/C9H6O5S/c10-7(8(11)12)4-1-2-6-5(3-4)14-9(13)15-6/h1-3,7,10H,(H,11,12). The van der Waals surface area contributed by atoms with Crippen LogP contribution in [0.1, 0.15) is 11.7 Å². The van der Waals surface area contributed by atoms with Gasteiger partial charge in [0.15, 0.2) is 6.10 Å². The van der Waals surface area contributed by atoms with E-state index in [1.807, 2.05) is 0 Å². The van der Waals surface area contributed by atoms with Crippen LogP contribution in [0.3, 0.4) is 0 Å². The van der Waals surface area contributed by atoms with E-state index in [4.69, 9.17) is 9.52 Å². The third kappa shape index (κ3) is 1.77. The Morgan fingerprint density at radius 1 is 1.47 bits per heavy atom. The minimum Gasteiger partial charge on any atom is -0.479 e. The molecule has 1 atom stereocenters. The summed E-state index contributed by atoms with van der Waals surface area (Å²) in [6, 6.07) is 4.35. The van der Waals surface area contributed by atoms with Gasteiger partial charge in [-0.3, -0.25) is 0 Å². The van der Waals surface area contributed by atoms with Crippen LogP contribution in [0.25, 0.3) is 10.3 Å². The summed E-state index contributed by atoms with van der Waals surface area (Å²) >= 11 is 0.930. The summed E-state index contributed by atoms with van der Waals surface area (Å²) < 4.78 is 5.42. The lowest BCUT2D eigenvalue weighted by Crippen LogP contribution is -2.09. The Balaban J connectivity index is 2.55. The number of carboxylic acids is 1. The molecule has 0 fully saturated rings. The van der Waals surface area contributed by atoms with Crippen molar-refractivity contribution in [2.45, 2.75) is 6.10 Å². The van der Waals surface area contributed by atoms with Crippen LogP contribution >= 0.6 is 11.3 Å². The van der Waals surface area contributed by atoms with Crippen molar-refractivity contribution in [3.63, 3.8) is 0 Å². The number of aliphatic hydroxyl groups excluding tert-OH is 1. The molecule has 0 radical (unpaired) electrons. The van der Waals surface area contributed by atoms with Crippen LogP contribution in [0, 0.1) is 0 Å². The van der Waals surface area contributed by atoms with E-state index >= 15 is 0 Å². The number of aliphatic carboxylic acids is 1. The fourth-order valence-corrected chi connectivity index (χ4v) is 1.85. The highest BCUT2D eigenvalue weighted by molar-refractivity contribution is 7.16. The molecule has 0 saturated heterocycles. The molecule has 1 unspecified atom stereocenters. The van der Waals surface area contributed by atoms with Crippen LogP contribution in [-0.4, -0.2) is 16.2 Å². The normalized spacial score (nSPS) is 12.9. The van der Waals surface area contributed by atoms with E-state index in [1.165, 1.54) is 12.1 Å². The third-order valence-electron chi connectivity index (χ3n) is 1.90. The molecule has 2 rings (SSSR count). The van der Waals surface area contributed by atoms with E-state index in [-0.39, 0.29) is 5.56 Å². The molecular weight excluding hydrogens is 220 g/mol. The maximum atomic E-state index is 10.9. The van der Waals surface area contributed by atoms with E-state index in [0.717, 1.165) is 11.3 Å². The molecule has 0 bridgehead atoms. The predicted molar refractivity (Wildman–Crippen MR) is 53.0 cm³/mol. The molecule has 1 aromatic carbocycles. The van der Waals surface area contributed by atoms with Gasteiger partial charge in [-0.15, -0.1) is 0 Å². The number of carbonyl (C=O) groups is 1. The first-order valence-electron chi connectivity index (χ1n) is 4.02. The van der Waals surface area contributed by atoms with Crippen molar-refractivity contribution < 1.29 is 19.4 Å². The van der Waals surface area contributed by atoms with Gasteiger partial charge in [0.1, 0.15) is 5.58 Å². The van der Waals surface area contributed by atoms with Crippen LogP contribution in [0.4, 0.5) is 0 Å². The first kappa shape index (κ1) is 9.88. The van der Waals surface area contributed by atoms with Crippen LogP contribution in [0.5, 0.6) is 0 Å². The van der Waals surface area contributed by atoms with E-state index in [0.29, 0.717) is 10.3 Å². The highest BCUT2D eigenvalue weighted by atomic mass is 32.1. The molecule has 0 spiro atoms. The molecule has 0 aliphatic rings. The molecule has 78 valence electrons. The molecule has 0 aliphatic heterocycles. The van der Waals surface area contributed by atoms with Crippen molar-refractivity contribution in [1.82, 2.24) is 0 Å². The van der Waals surface area contributed by atoms with Crippen molar-refractivity contribution in [3.8, 4) is 0 Å². The number of rotatable bonds is 2. The number of hydrogen-bond acceptors (Lipinski definition) is 5. The minimum atomic E-state index is -1.60. The molecular formula is C9H6O5S. The summed E-state index contributed by atoms with van der Waals surface area (Å²) in [6.45, 7) is 0.